The molecule has 1 saturated heterocycles. The van der Waals surface area contributed by atoms with Crippen LogP contribution in [0.4, 0.5) is 0 Å². The van der Waals surface area contributed by atoms with Gasteiger partial charge < -0.3 is 8.97 Å². The number of aryl methyl sites for hydroxylation is 1. The fourth-order valence-electron chi connectivity index (χ4n) is 5.66. The summed E-state index contributed by atoms with van der Waals surface area (Å²) in [7, 11) is 10.7. The van der Waals surface area contributed by atoms with Crippen molar-refractivity contribution in [3.05, 3.63) is 72.1 Å². The molecule has 5 heteroatoms. The summed E-state index contributed by atoms with van der Waals surface area (Å²) < 4.78 is 3.35. The molecule has 1 aromatic carbocycles. The smallest absolute Gasteiger partial charge is 0.217 e. The quantitative estimate of drug-likeness (QED) is 0.555. The van der Waals surface area contributed by atoms with Crippen LogP contribution in [-0.2, 0) is 17.9 Å². The third-order valence-electron chi connectivity index (χ3n) is 7.10. The normalized spacial score (nSPS) is 27.1. The molecular weight excluding hydrogens is 394 g/mol. The molecule has 0 N–H and O–H groups in total. The molecule has 2 atom stereocenters. The number of nitrogens with zero attached hydrogens (tertiary/aromatic N) is 5. The minimum atomic E-state index is -1.07. The first-order valence-electron chi connectivity index (χ1n) is 11.2. The number of hydrogen-bond acceptors (Lipinski definition) is 2. The fraction of sp³-hybridized carbons (Fsp3) is 0.444. The van der Waals surface area contributed by atoms with E-state index in [1.54, 1.807) is 0 Å². The number of likely N-dealkylation sites (N-methyl/N-ethyl adjacent to an activating group) is 2. The first kappa shape index (κ1) is 23.7. The van der Waals surface area contributed by atoms with Crippen molar-refractivity contribution < 1.29 is 13.5 Å². The lowest BCUT2D eigenvalue weighted by Crippen LogP contribution is -2.65. The number of nitriles is 2. The second-order valence-electron chi connectivity index (χ2n) is 10.5. The van der Waals surface area contributed by atoms with Crippen LogP contribution in [0.5, 0.6) is 0 Å². The molecule has 166 valence electrons. The summed E-state index contributed by atoms with van der Waals surface area (Å²) in [6.07, 6.45) is 4.82. The van der Waals surface area contributed by atoms with Crippen LogP contribution >= 0.6 is 0 Å². The van der Waals surface area contributed by atoms with Gasteiger partial charge in [0.1, 0.15) is 20.1 Å². The van der Waals surface area contributed by atoms with Gasteiger partial charge in [-0.15, -0.1) is 0 Å². The van der Waals surface area contributed by atoms with Crippen LogP contribution in [0.2, 0.25) is 0 Å². The van der Waals surface area contributed by atoms with Crippen molar-refractivity contribution in [3.8, 4) is 12.1 Å². The summed E-state index contributed by atoms with van der Waals surface area (Å²) in [6, 6.07) is 19.4. The van der Waals surface area contributed by atoms with Crippen LogP contribution in [0.25, 0.3) is 6.08 Å². The van der Waals surface area contributed by atoms with Crippen LogP contribution in [0, 0.1) is 22.7 Å². The standard InChI is InChI=1S/C27H36N5/c1-7-23-13-8-9-14-24(23)26(19-28)21-31(3,4)17-12-18-32(5,6)22-27(26,20-29)25-15-10-11-16-30(25)2/h7-11,13-16H,1,12,17-18,21-22H2,2-6H3/q+3. The number of benzene rings is 1. The minimum absolute atomic E-state index is 0.538. The number of hydrogen-bond donors (Lipinski definition) is 0. The van der Waals surface area contributed by atoms with Gasteiger partial charge in [-0.1, -0.05) is 43.0 Å². The molecule has 3 rings (SSSR count). The van der Waals surface area contributed by atoms with Crippen LogP contribution in [0.15, 0.2) is 55.2 Å². The summed E-state index contributed by atoms with van der Waals surface area (Å²) in [5.41, 5.74) is 0.527. The van der Waals surface area contributed by atoms with Gasteiger partial charge in [-0.05, 0) is 11.1 Å². The van der Waals surface area contributed by atoms with Crippen LogP contribution < -0.4 is 4.57 Å². The van der Waals surface area contributed by atoms with Gasteiger partial charge in [0.05, 0.1) is 53.4 Å². The van der Waals surface area contributed by atoms with Crippen molar-refractivity contribution in [2.75, 3.05) is 54.4 Å². The largest absolute Gasteiger partial charge is 0.327 e. The predicted molar refractivity (Wildman–Crippen MR) is 127 cm³/mol. The van der Waals surface area contributed by atoms with Crippen molar-refractivity contribution in [1.29, 1.82) is 10.5 Å². The Kier molecular flexibility index (Phi) is 6.29. The van der Waals surface area contributed by atoms with E-state index >= 15 is 0 Å². The Morgan fingerprint density at radius 1 is 0.906 bits per heavy atom. The third kappa shape index (κ3) is 3.95. The molecule has 32 heavy (non-hydrogen) atoms. The van der Waals surface area contributed by atoms with Crippen molar-refractivity contribution in [1.82, 2.24) is 0 Å². The van der Waals surface area contributed by atoms with E-state index in [2.05, 4.69) is 46.9 Å². The number of aromatic nitrogens is 1. The maximum atomic E-state index is 11.1. The number of rotatable bonds is 3. The zero-order valence-electron chi connectivity index (χ0n) is 20.2. The van der Waals surface area contributed by atoms with Gasteiger partial charge in [-0.3, -0.25) is 0 Å². The maximum absolute atomic E-state index is 11.1. The number of pyridine rings is 1. The first-order chi connectivity index (χ1) is 15.1. The molecule has 0 bridgehead atoms. The minimum Gasteiger partial charge on any atom is -0.327 e. The summed E-state index contributed by atoms with van der Waals surface area (Å²) in [4.78, 5) is 0. The molecule has 0 saturated carbocycles. The van der Waals surface area contributed by atoms with Gasteiger partial charge in [-0.2, -0.15) is 10.5 Å². The summed E-state index contributed by atoms with van der Waals surface area (Å²) in [5.74, 6) is 0. The molecule has 0 aliphatic carbocycles. The zero-order chi connectivity index (χ0) is 23.6. The molecule has 0 radical (unpaired) electrons. The molecule has 0 spiro atoms. The highest BCUT2D eigenvalue weighted by atomic mass is 15.4. The van der Waals surface area contributed by atoms with Gasteiger partial charge in [-0.25, -0.2) is 4.57 Å². The van der Waals surface area contributed by atoms with Crippen molar-refractivity contribution in [2.24, 2.45) is 7.05 Å². The molecule has 0 amide bonds. The summed E-state index contributed by atoms with van der Waals surface area (Å²) in [5, 5.41) is 22.1. The first-order valence-corrected chi connectivity index (χ1v) is 11.2. The third-order valence-corrected chi connectivity index (χ3v) is 7.10. The Morgan fingerprint density at radius 3 is 2.03 bits per heavy atom. The highest BCUT2D eigenvalue weighted by Crippen LogP contribution is 2.47. The Bertz CT molecular complexity index is 1090. The van der Waals surface area contributed by atoms with E-state index in [9.17, 15) is 10.5 Å². The van der Waals surface area contributed by atoms with E-state index in [0.717, 1.165) is 36.3 Å². The van der Waals surface area contributed by atoms with E-state index in [1.165, 1.54) is 0 Å². The van der Waals surface area contributed by atoms with Gasteiger partial charge in [0.15, 0.2) is 11.6 Å². The topological polar surface area (TPSA) is 51.5 Å². The lowest BCUT2D eigenvalue weighted by molar-refractivity contribution is -0.905. The second-order valence-corrected chi connectivity index (χ2v) is 10.5. The number of quaternary nitrogens is 2. The highest BCUT2D eigenvalue weighted by molar-refractivity contribution is 5.59. The van der Waals surface area contributed by atoms with Gasteiger partial charge in [0.25, 0.3) is 0 Å². The van der Waals surface area contributed by atoms with Crippen LogP contribution in [0.1, 0.15) is 23.2 Å². The molecule has 1 fully saturated rings. The predicted octanol–water partition coefficient (Wildman–Crippen LogP) is 2.93. The van der Waals surface area contributed by atoms with Crippen LogP contribution in [-0.4, -0.2) is 63.3 Å². The Balaban J connectivity index is 2.53. The Hall–Kier alpha value is -2.99. The van der Waals surface area contributed by atoms with E-state index in [1.807, 2.05) is 66.4 Å². The fourth-order valence-corrected chi connectivity index (χ4v) is 5.66. The molecule has 1 aromatic heterocycles. The van der Waals surface area contributed by atoms with Gasteiger partial charge in [0.2, 0.25) is 11.1 Å². The van der Waals surface area contributed by atoms with Crippen molar-refractivity contribution in [2.45, 2.75) is 17.3 Å². The Morgan fingerprint density at radius 2 is 1.47 bits per heavy atom. The molecule has 2 unspecified atom stereocenters. The SMILES string of the molecule is C=Cc1ccccc1C1(C#N)C[N+](C)(C)CCC[N+](C)(C)CC1(C#N)c1cccc[n+]1C. The van der Waals surface area contributed by atoms with Gasteiger partial charge >= 0.3 is 0 Å². The van der Waals surface area contributed by atoms with E-state index in [0.29, 0.717) is 22.1 Å². The van der Waals surface area contributed by atoms with E-state index < -0.39 is 10.8 Å². The second kappa shape index (κ2) is 8.51. The van der Waals surface area contributed by atoms with E-state index in [-0.39, 0.29) is 0 Å². The molecule has 1 aliphatic rings. The molecule has 1 aliphatic heterocycles. The maximum Gasteiger partial charge on any atom is 0.217 e. The molecule has 5 nitrogen and oxygen atoms in total. The van der Waals surface area contributed by atoms with Gasteiger partial charge in [0, 0.05) is 18.6 Å². The van der Waals surface area contributed by atoms with Crippen molar-refractivity contribution >= 4 is 6.08 Å². The highest BCUT2D eigenvalue weighted by Gasteiger charge is 2.65. The summed E-state index contributed by atoms with van der Waals surface area (Å²) >= 11 is 0. The lowest BCUT2D eigenvalue weighted by atomic mass is 9.57. The monoisotopic (exact) mass is 430 g/mol. The average molecular weight is 431 g/mol. The molecular formula is C27H36N5+3. The average Bonchev–Trinajstić information content (AvgIpc) is 2.79. The molecule has 2 heterocycles. The van der Waals surface area contributed by atoms with Crippen molar-refractivity contribution in [3.63, 3.8) is 0 Å². The lowest BCUT2D eigenvalue weighted by Gasteiger charge is -2.45. The zero-order valence-corrected chi connectivity index (χ0v) is 20.2. The van der Waals surface area contributed by atoms with Crippen LogP contribution in [0.3, 0.4) is 0 Å². The summed E-state index contributed by atoms with van der Waals surface area (Å²) in [6.45, 7) is 7.01. The van der Waals surface area contributed by atoms with E-state index in [4.69, 9.17) is 0 Å². The Labute approximate surface area is 193 Å². The molecule has 2 aromatic rings.